The van der Waals surface area contributed by atoms with E-state index in [0.717, 1.165) is 0 Å². The van der Waals surface area contributed by atoms with Gasteiger partial charge in [0.25, 0.3) is 5.91 Å². The summed E-state index contributed by atoms with van der Waals surface area (Å²) in [7, 11) is 0. The standard InChI is InChI=1S/C27H31N5O5.C2HF3O2/c1-4-36-23-15-18(10-13-22(23)37-16(2)3)24(30-20-11-8-17(9-12-20)25(28)29)26(33)32-31-21-7-5-6-19(14-21)27(34)35;3-2(4,5)1(6)7/h5-16,24,30-31H,4H2,1-3H3,(H3,28,29)(H,32,33)(H,34,35);(H,6,7). The smallest absolute Gasteiger partial charge is 0.490 e. The number of hydrazine groups is 1. The summed E-state index contributed by atoms with van der Waals surface area (Å²) in [4.78, 5) is 33.5. The molecule has 3 aromatic carbocycles. The van der Waals surface area contributed by atoms with Gasteiger partial charge in [0.05, 0.1) is 24.0 Å². The number of hydrogen-bond acceptors (Lipinski definition) is 8. The van der Waals surface area contributed by atoms with Gasteiger partial charge >= 0.3 is 18.1 Å². The minimum absolute atomic E-state index is 0.0595. The molecule has 0 fully saturated rings. The zero-order chi connectivity index (χ0) is 33.0. The Morgan fingerprint density at radius 3 is 2.09 bits per heavy atom. The largest absolute Gasteiger partial charge is 0.490 e. The van der Waals surface area contributed by atoms with E-state index >= 15 is 0 Å². The average molecular weight is 620 g/mol. The highest BCUT2D eigenvalue weighted by Gasteiger charge is 2.38. The van der Waals surface area contributed by atoms with Gasteiger partial charge in [-0.1, -0.05) is 12.1 Å². The number of carbonyl (C=O) groups is 3. The van der Waals surface area contributed by atoms with E-state index in [1.54, 1.807) is 54.6 Å². The number of alkyl halides is 3. The number of carbonyl (C=O) groups excluding carboxylic acids is 1. The molecule has 1 amide bonds. The molecule has 15 heteroatoms. The molecule has 236 valence electrons. The minimum Gasteiger partial charge on any atom is -0.490 e. The molecular formula is C29H32F3N5O7. The summed E-state index contributed by atoms with van der Waals surface area (Å²) in [5.41, 5.74) is 13.2. The van der Waals surface area contributed by atoms with Crippen molar-refractivity contribution >= 4 is 35.1 Å². The molecule has 0 saturated heterocycles. The van der Waals surface area contributed by atoms with E-state index in [0.29, 0.717) is 40.6 Å². The molecule has 0 aliphatic heterocycles. The number of aliphatic carboxylic acids is 1. The Hall–Kier alpha value is -5.47. The van der Waals surface area contributed by atoms with Crippen molar-refractivity contribution in [3.63, 3.8) is 0 Å². The van der Waals surface area contributed by atoms with Crippen molar-refractivity contribution in [3.8, 4) is 11.5 Å². The molecule has 0 spiro atoms. The first-order valence-corrected chi connectivity index (χ1v) is 13.0. The van der Waals surface area contributed by atoms with Crippen LogP contribution in [0, 0.1) is 5.41 Å². The van der Waals surface area contributed by atoms with Crippen LogP contribution in [-0.2, 0) is 9.59 Å². The number of amides is 1. The van der Waals surface area contributed by atoms with Crippen LogP contribution in [0.25, 0.3) is 0 Å². The number of aromatic carboxylic acids is 1. The third-order valence-electron chi connectivity index (χ3n) is 5.41. The topological polar surface area (TPSA) is 196 Å². The van der Waals surface area contributed by atoms with Gasteiger partial charge in [0, 0.05) is 11.3 Å². The fourth-order valence-corrected chi connectivity index (χ4v) is 3.47. The molecule has 0 saturated carbocycles. The molecule has 3 rings (SSSR count). The molecule has 0 bridgehead atoms. The molecule has 8 N–H and O–H groups in total. The van der Waals surface area contributed by atoms with Crippen LogP contribution in [0.5, 0.6) is 11.5 Å². The van der Waals surface area contributed by atoms with Crippen molar-refractivity contribution in [2.45, 2.75) is 39.1 Å². The Morgan fingerprint density at radius 1 is 0.932 bits per heavy atom. The van der Waals surface area contributed by atoms with Crippen LogP contribution in [0.15, 0.2) is 66.7 Å². The lowest BCUT2D eigenvalue weighted by atomic mass is 10.0. The Labute approximate surface area is 250 Å². The van der Waals surface area contributed by atoms with Crippen LogP contribution < -0.4 is 31.4 Å². The van der Waals surface area contributed by atoms with Gasteiger partial charge in [0.1, 0.15) is 11.9 Å². The van der Waals surface area contributed by atoms with Gasteiger partial charge < -0.3 is 30.7 Å². The highest BCUT2D eigenvalue weighted by Crippen LogP contribution is 2.33. The Kier molecular flexibility index (Phi) is 12.4. The monoisotopic (exact) mass is 619 g/mol. The van der Waals surface area contributed by atoms with E-state index in [1.807, 2.05) is 20.8 Å². The third kappa shape index (κ3) is 10.7. The van der Waals surface area contributed by atoms with E-state index in [9.17, 15) is 27.9 Å². The second-order valence-corrected chi connectivity index (χ2v) is 9.18. The summed E-state index contributed by atoms with van der Waals surface area (Å²) in [6.07, 6.45) is -5.15. The van der Waals surface area contributed by atoms with Gasteiger partial charge in [0.15, 0.2) is 11.5 Å². The number of anilines is 2. The van der Waals surface area contributed by atoms with Gasteiger partial charge in [-0.25, -0.2) is 9.59 Å². The molecular weight excluding hydrogens is 587 g/mol. The fourth-order valence-electron chi connectivity index (χ4n) is 3.47. The number of ether oxygens (including phenoxy) is 2. The molecule has 3 aromatic rings. The molecule has 44 heavy (non-hydrogen) atoms. The normalized spacial score (nSPS) is 11.3. The van der Waals surface area contributed by atoms with E-state index in [2.05, 4.69) is 16.2 Å². The fraction of sp³-hybridized carbons (Fsp3) is 0.241. The molecule has 1 unspecified atom stereocenters. The maximum Gasteiger partial charge on any atom is 0.490 e. The number of carboxylic acid groups (broad SMARTS) is 2. The second-order valence-electron chi connectivity index (χ2n) is 9.18. The lowest BCUT2D eigenvalue weighted by molar-refractivity contribution is -0.192. The van der Waals surface area contributed by atoms with Gasteiger partial charge in [0.2, 0.25) is 0 Å². The Bertz CT molecular complexity index is 1460. The van der Waals surface area contributed by atoms with Crippen molar-refractivity contribution in [2.75, 3.05) is 17.3 Å². The summed E-state index contributed by atoms with van der Waals surface area (Å²) in [5, 5.41) is 27.1. The highest BCUT2D eigenvalue weighted by molar-refractivity contribution is 5.95. The van der Waals surface area contributed by atoms with Crippen LogP contribution in [-0.4, -0.2) is 52.8 Å². The third-order valence-corrected chi connectivity index (χ3v) is 5.41. The molecule has 0 radical (unpaired) electrons. The molecule has 1 atom stereocenters. The first-order valence-electron chi connectivity index (χ1n) is 13.0. The van der Waals surface area contributed by atoms with Crippen LogP contribution in [0.3, 0.4) is 0 Å². The second kappa shape index (κ2) is 15.7. The first kappa shape index (κ1) is 34.7. The molecule has 0 heterocycles. The van der Waals surface area contributed by atoms with Crippen molar-refractivity contribution < 1.29 is 47.2 Å². The van der Waals surface area contributed by atoms with Crippen LogP contribution in [0.2, 0.25) is 0 Å². The van der Waals surface area contributed by atoms with E-state index in [4.69, 9.17) is 30.5 Å². The number of nitrogen functional groups attached to an aromatic ring is 1. The highest BCUT2D eigenvalue weighted by atomic mass is 19.4. The van der Waals surface area contributed by atoms with Crippen molar-refractivity contribution in [1.29, 1.82) is 5.41 Å². The van der Waals surface area contributed by atoms with Gasteiger partial charge in [-0.2, -0.15) is 13.2 Å². The predicted molar refractivity (Wildman–Crippen MR) is 156 cm³/mol. The van der Waals surface area contributed by atoms with E-state index in [-0.39, 0.29) is 17.5 Å². The van der Waals surface area contributed by atoms with Crippen LogP contribution in [0.1, 0.15) is 48.3 Å². The number of carboxylic acids is 2. The Morgan fingerprint density at radius 2 is 1.57 bits per heavy atom. The number of nitrogens with one attached hydrogen (secondary N) is 4. The lowest BCUT2D eigenvalue weighted by Gasteiger charge is -2.22. The van der Waals surface area contributed by atoms with Gasteiger partial charge in [-0.3, -0.25) is 21.1 Å². The maximum absolute atomic E-state index is 13.4. The van der Waals surface area contributed by atoms with Crippen molar-refractivity contribution in [1.82, 2.24) is 5.43 Å². The number of halogens is 3. The zero-order valence-corrected chi connectivity index (χ0v) is 23.9. The number of nitrogens with two attached hydrogens (primary N) is 1. The summed E-state index contributed by atoms with van der Waals surface area (Å²) < 4.78 is 43.4. The number of amidine groups is 1. The SMILES string of the molecule is CCOc1cc(C(Nc2ccc(C(=N)N)cc2)C(=O)NNc2cccc(C(=O)O)c2)ccc1OC(C)C.O=C(O)C(F)(F)F. The minimum atomic E-state index is -5.08. The number of rotatable bonds is 12. The Balaban J connectivity index is 0.000000860. The summed E-state index contributed by atoms with van der Waals surface area (Å²) in [6, 6.07) is 17.3. The zero-order valence-electron chi connectivity index (χ0n) is 23.9. The van der Waals surface area contributed by atoms with E-state index < -0.39 is 30.1 Å². The predicted octanol–water partition coefficient (Wildman–Crippen LogP) is 4.78. The first-order chi connectivity index (χ1) is 20.6. The van der Waals surface area contributed by atoms with Crippen LogP contribution in [0.4, 0.5) is 24.5 Å². The maximum atomic E-state index is 13.4. The van der Waals surface area contributed by atoms with Gasteiger partial charge in [-0.15, -0.1) is 0 Å². The molecule has 0 aliphatic carbocycles. The molecule has 12 nitrogen and oxygen atoms in total. The average Bonchev–Trinajstić information content (AvgIpc) is 2.95. The molecule has 0 aliphatic rings. The van der Waals surface area contributed by atoms with E-state index in [1.165, 1.54) is 12.1 Å². The summed E-state index contributed by atoms with van der Waals surface area (Å²) in [5.74, 6) is -3.26. The lowest BCUT2D eigenvalue weighted by Crippen LogP contribution is -2.37. The van der Waals surface area contributed by atoms with Crippen LogP contribution >= 0.6 is 0 Å². The number of hydrogen-bond donors (Lipinski definition) is 7. The quantitative estimate of drug-likeness (QED) is 0.0841. The van der Waals surface area contributed by atoms with Crippen molar-refractivity contribution in [3.05, 3.63) is 83.4 Å². The number of benzene rings is 3. The van der Waals surface area contributed by atoms with Crippen molar-refractivity contribution in [2.24, 2.45) is 5.73 Å². The van der Waals surface area contributed by atoms with Gasteiger partial charge in [-0.05, 0) is 80.9 Å². The summed E-state index contributed by atoms with van der Waals surface area (Å²) in [6.45, 7) is 6.10. The molecule has 0 aromatic heterocycles. The summed E-state index contributed by atoms with van der Waals surface area (Å²) >= 11 is 0.